The number of methoxy groups -OCH3 is 1. The number of hydrogen-bond donors (Lipinski definition) is 0. The van der Waals surface area contributed by atoms with Crippen LogP contribution in [0.2, 0.25) is 0 Å². The Balaban J connectivity index is 2.32. The van der Waals surface area contributed by atoms with Gasteiger partial charge in [0.2, 0.25) is 0 Å². The molecule has 1 aliphatic carbocycles. The van der Waals surface area contributed by atoms with Gasteiger partial charge in [0.05, 0.1) is 32.2 Å². The standard InChI is InChI=1S/C16H24O6/c1-11(2)14(17)21-9-6-10-22-16(19)13-8-5-4-7-12(13)15(18)20-3/h12-13H,1,4-10H2,2-3H3. The molecule has 0 aromatic rings. The van der Waals surface area contributed by atoms with E-state index in [0.29, 0.717) is 24.8 Å². The predicted octanol–water partition coefficient (Wildman–Crippen LogP) is 2.02. The Hall–Kier alpha value is -1.85. The van der Waals surface area contributed by atoms with Crippen LogP contribution in [0.25, 0.3) is 0 Å². The summed E-state index contributed by atoms with van der Waals surface area (Å²) in [6, 6.07) is 0. The van der Waals surface area contributed by atoms with Crippen LogP contribution in [0.1, 0.15) is 39.0 Å². The van der Waals surface area contributed by atoms with Gasteiger partial charge in [-0.05, 0) is 19.8 Å². The Morgan fingerprint density at radius 1 is 1.00 bits per heavy atom. The first kappa shape index (κ1) is 18.2. The van der Waals surface area contributed by atoms with Crippen molar-refractivity contribution in [2.45, 2.75) is 39.0 Å². The van der Waals surface area contributed by atoms with Crippen LogP contribution in [0.5, 0.6) is 0 Å². The van der Waals surface area contributed by atoms with E-state index < -0.39 is 17.8 Å². The highest BCUT2D eigenvalue weighted by Gasteiger charge is 2.37. The second-order valence-corrected chi connectivity index (χ2v) is 5.46. The van der Waals surface area contributed by atoms with E-state index in [1.165, 1.54) is 7.11 Å². The van der Waals surface area contributed by atoms with Gasteiger partial charge in [-0.3, -0.25) is 9.59 Å². The zero-order chi connectivity index (χ0) is 16.5. The first-order chi connectivity index (χ1) is 10.5. The van der Waals surface area contributed by atoms with Gasteiger partial charge in [0.25, 0.3) is 0 Å². The van der Waals surface area contributed by atoms with Crippen LogP contribution in [0.15, 0.2) is 12.2 Å². The molecule has 22 heavy (non-hydrogen) atoms. The molecule has 0 aromatic carbocycles. The minimum Gasteiger partial charge on any atom is -0.469 e. The minimum absolute atomic E-state index is 0.159. The summed E-state index contributed by atoms with van der Waals surface area (Å²) in [5.74, 6) is -2.02. The Bertz CT molecular complexity index is 428. The largest absolute Gasteiger partial charge is 0.469 e. The maximum atomic E-state index is 12.1. The summed E-state index contributed by atoms with van der Waals surface area (Å²) in [5.41, 5.74) is 0.333. The first-order valence-corrected chi connectivity index (χ1v) is 7.54. The highest BCUT2D eigenvalue weighted by molar-refractivity contribution is 5.86. The second kappa shape index (κ2) is 9.23. The van der Waals surface area contributed by atoms with Crippen molar-refractivity contribution < 1.29 is 28.6 Å². The fourth-order valence-corrected chi connectivity index (χ4v) is 2.47. The summed E-state index contributed by atoms with van der Waals surface area (Å²) in [6.07, 6.45) is 3.54. The van der Waals surface area contributed by atoms with Crippen LogP contribution in [0.4, 0.5) is 0 Å². The second-order valence-electron chi connectivity index (χ2n) is 5.46. The van der Waals surface area contributed by atoms with Gasteiger partial charge >= 0.3 is 17.9 Å². The molecule has 0 N–H and O–H groups in total. The van der Waals surface area contributed by atoms with Crippen LogP contribution in [-0.2, 0) is 28.6 Å². The molecule has 0 spiro atoms. The average Bonchev–Trinajstić information content (AvgIpc) is 2.53. The van der Waals surface area contributed by atoms with Crippen LogP contribution in [-0.4, -0.2) is 38.2 Å². The first-order valence-electron chi connectivity index (χ1n) is 7.54. The molecule has 1 fully saturated rings. The number of esters is 3. The molecular weight excluding hydrogens is 288 g/mol. The molecule has 0 saturated heterocycles. The molecular formula is C16H24O6. The van der Waals surface area contributed by atoms with E-state index in [4.69, 9.17) is 14.2 Å². The van der Waals surface area contributed by atoms with Crippen molar-refractivity contribution in [1.29, 1.82) is 0 Å². The van der Waals surface area contributed by atoms with Gasteiger partial charge in [-0.15, -0.1) is 0 Å². The van der Waals surface area contributed by atoms with E-state index in [0.717, 1.165) is 12.8 Å². The van der Waals surface area contributed by atoms with Gasteiger partial charge in [-0.1, -0.05) is 19.4 Å². The summed E-state index contributed by atoms with van der Waals surface area (Å²) in [6.45, 7) is 5.37. The van der Waals surface area contributed by atoms with Crippen LogP contribution in [0.3, 0.4) is 0 Å². The summed E-state index contributed by atoms with van der Waals surface area (Å²) in [7, 11) is 1.33. The van der Waals surface area contributed by atoms with Crippen molar-refractivity contribution in [2.24, 2.45) is 11.8 Å². The quantitative estimate of drug-likeness (QED) is 0.310. The molecule has 0 heterocycles. The van der Waals surface area contributed by atoms with Gasteiger partial charge in [-0.25, -0.2) is 4.79 Å². The van der Waals surface area contributed by atoms with Gasteiger partial charge in [-0.2, -0.15) is 0 Å². The lowest BCUT2D eigenvalue weighted by atomic mass is 9.79. The van der Waals surface area contributed by atoms with E-state index in [1.54, 1.807) is 6.92 Å². The third-order valence-corrected chi connectivity index (χ3v) is 3.69. The van der Waals surface area contributed by atoms with E-state index in [1.807, 2.05) is 0 Å². The van der Waals surface area contributed by atoms with E-state index in [2.05, 4.69) is 6.58 Å². The molecule has 1 saturated carbocycles. The lowest BCUT2D eigenvalue weighted by Crippen LogP contribution is -2.34. The van der Waals surface area contributed by atoms with Crippen LogP contribution < -0.4 is 0 Å². The number of ether oxygens (including phenoxy) is 3. The maximum absolute atomic E-state index is 12.1. The number of hydrogen-bond acceptors (Lipinski definition) is 6. The van der Waals surface area contributed by atoms with Crippen molar-refractivity contribution in [2.75, 3.05) is 20.3 Å². The van der Waals surface area contributed by atoms with Crippen LogP contribution in [0, 0.1) is 11.8 Å². The molecule has 1 aliphatic rings. The Kier molecular flexibility index (Phi) is 7.63. The molecule has 0 amide bonds. The molecule has 6 heteroatoms. The highest BCUT2D eigenvalue weighted by Crippen LogP contribution is 2.31. The van der Waals surface area contributed by atoms with Gasteiger partial charge in [0.15, 0.2) is 0 Å². The topological polar surface area (TPSA) is 78.9 Å². The SMILES string of the molecule is C=C(C)C(=O)OCCCOC(=O)C1CCCCC1C(=O)OC. The Morgan fingerprint density at radius 3 is 2.09 bits per heavy atom. The zero-order valence-electron chi connectivity index (χ0n) is 13.3. The third-order valence-electron chi connectivity index (χ3n) is 3.69. The average molecular weight is 312 g/mol. The van der Waals surface area contributed by atoms with Gasteiger partial charge in [0, 0.05) is 12.0 Å². The van der Waals surface area contributed by atoms with Gasteiger partial charge < -0.3 is 14.2 Å². The predicted molar refractivity (Wildman–Crippen MR) is 78.8 cm³/mol. The molecule has 0 bridgehead atoms. The molecule has 124 valence electrons. The molecule has 0 radical (unpaired) electrons. The van der Waals surface area contributed by atoms with E-state index in [-0.39, 0.29) is 25.2 Å². The van der Waals surface area contributed by atoms with Crippen molar-refractivity contribution in [3.05, 3.63) is 12.2 Å². The fraction of sp³-hybridized carbons (Fsp3) is 0.688. The van der Waals surface area contributed by atoms with E-state index >= 15 is 0 Å². The summed E-state index contributed by atoms with van der Waals surface area (Å²) >= 11 is 0. The maximum Gasteiger partial charge on any atom is 0.333 e. The third kappa shape index (κ3) is 5.50. The normalized spacial score (nSPS) is 20.8. The summed E-state index contributed by atoms with van der Waals surface area (Å²) in [5, 5.41) is 0. The van der Waals surface area contributed by atoms with Crippen molar-refractivity contribution in [1.82, 2.24) is 0 Å². The zero-order valence-corrected chi connectivity index (χ0v) is 13.3. The Morgan fingerprint density at radius 2 is 1.55 bits per heavy atom. The number of carbonyl (C=O) groups excluding carboxylic acids is 3. The highest BCUT2D eigenvalue weighted by atomic mass is 16.5. The molecule has 2 unspecified atom stereocenters. The minimum atomic E-state index is -0.454. The summed E-state index contributed by atoms with van der Waals surface area (Å²) < 4.78 is 14.8. The molecule has 2 atom stereocenters. The number of carbonyl (C=O) groups is 3. The van der Waals surface area contributed by atoms with Crippen molar-refractivity contribution in [3.63, 3.8) is 0 Å². The number of rotatable bonds is 7. The Labute approximate surface area is 130 Å². The van der Waals surface area contributed by atoms with Crippen molar-refractivity contribution >= 4 is 17.9 Å². The molecule has 6 nitrogen and oxygen atoms in total. The fourth-order valence-electron chi connectivity index (χ4n) is 2.47. The summed E-state index contributed by atoms with van der Waals surface area (Å²) in [4.78, 5) is 34.9. The lowest BCUT2D eigenvalue weighted by molar-refractivity contribution is -0.161. The monoisotopic (exact) mass is 312 g/mol. The van der Waals surface area contributed by atoms with Crippen molar-refractivity contribution in [3.8, 4) is 0 Å². The smallest absolute Gasteiger partial charge is 0.333 e. The molecule has 0 aliphatic heterocycles. The van der Waals surface area contributed by atoms with Gasteiger partial charge in [0.1, 0.15) is 0 Å². The molecule has 0 aromatic heterocycles. The molecule has 1 rings (SSSR count). The van der Waals surface area contributed by atoms with E-state index in [9.17, 15) is 14.4 Å². The lowest BCUT2D eigenvalue weighted by Gasteiger charge is -2.27. The van der Waals surface area contributed by atoms with Crippen LogP contribution >= 0.6 is 0 Å².